The Morgan fingerprint density at radius 1 is 1.24 bits per heavy atom. The number of hydrogen-bond acceptors (Lipinski definition) is 4. The number of nitrogens with one attached hydrogen (secondary N) is 2. The zero-order chi connectivity index (χ0) is 20.5. The van der Waals surface area contributed by atoms with Crippen LogP contribution in [0.5, 0.6) is 0 Å². The summed E-state index contributed by atoms with van der Waals surface area (Å²) in [5.74, 6) is 0.633. The first-order chi connectivity index (χ1) is 13.5. The fraction of sp³-hybridized carbons (Fsp3) is 0.571. The summed E-state index contributed by atoms with van der Waals surface area (Å²) in [5, 5.41) is 6.33. The van der Waals surface area contributed by atoms with Crippen LogP contribution in [0, 0.1) is 5.92 Å². The van der Waals surface area contributed by atoms with Crippen LogP contribution >= 0.6 is 24.0 Å². The van der Waals surface area contributed by atoms with Crippen molar-refractivity contribution < 1.29 is 14.3 Å². The molecule has 1 aliphatic heterocycles. The first kappa shape index (κ1) is 25.2. The van der Waals surface area contributed by atoms with Crippen molar-refractivity contribution in [3.63, 3.8) is 0 Å². The molecule has 1 atom stereocenters. The van der Waals surface area contributed by atoms with E-state index in [1.54, 1.807) is 7.05 Å². The number of esters is 1. The molecule has 29 heavy (non-hydrogen) atoms. The molecule has 2 rings (SSSR count). The van der Waals surface area contributed by atoms with E-state index in [1.165, 1.54) is 7.11 Å². The molecule has 0 bridgehead atoms. The molecule has 1 saturated heterocycles. The van der Waals surface area contributed by atoms with E-state index < -0.39 is 0 Å². The zero-order valence-corrected chi connectivity index (χ0v) is 20.1. The van der Waals surface area contributed by atoms with Gasteiger partial charge >= 0.3 is 5.97 Å². The highest BCUT2D eigenvalue weighted by Gasteiger charge is 2.26. The summed E-state index contributed by atoms with van der Waals surface area (Å²) in [7, 11) is 3.20. The second-order valence-electron chi connectivity index (χ2n) is 7.16. The van der Waals surface area contributed by atoms with E-state index in [2.05, 4.69) is 20.5 Å². The minimum absolute atomic E-state index is 0. The third-order valence-electron chi connectivity index (χ3n) is 5.20. The molecular formula is C21H33IN4O3. The van der Waals surface area contributed by atoms with Gasteiger partial charge in [-0.3, -0.25) is 14.6 Å². The normalized spacial score (nSPS) is 15.9. The molecule has 2 N–H and O–H groups in total. The van der Waals surface area contributed by atoms with Crippen LogP contribution < -0.4 is 10.6 Å². The summed E-state index contributed by atoms with van der Waals surface area (Å²) in [4.78, 5) is 30.3. The van der Waals surface area contributed by atoms with Gasteiger partial charge in [-0.15, -0.1) is 24.0 Å². The number of hydrogen-bond donors (Lipinski definition) is 2. The van der Waals surface area contributed by atoms with E-state index in [1.807, 2.05) is 38.1 Å². The number of halogens is 1. The van der Waals surface area contributed by atoms with Crippen molar-refractivity contribution in [3.05, 3.63) is 35.4 Å². The van der Waals surface area contributed by atoms with Crippen molar-refractivity contribution in [3.8, 4) is 0 Å². The Morgan fingerprint density at radius 3 is 2.38 bits per heavy atom. The van der Waals surface area contributed by atoms with Gasteiger partial charge in [-0.1, -0.05) is 19.1 Å². The smallest absolute Gasteiger partial charge is 0.308 e. The molecule has 1 aromatic carbocycles. The number of carbonyl (C=O) groups excluding carboxylic acids is 2. The van der Waals surface area contributed by atoms with Crippen molar-refractivity contribution in [2.24, 2.45) is 10.9 Å². The van der Waals surface area contributed by atoms with E-state index in [9.17, 15) is 9.59 Å². The van der Waals surface area contributed by atoms with E-state index in [-0.39, 0.29) is 47.8 Å². The molecule has 0 spiro atoms. The number of guanidine groups is 1. The van der Waals surface area contributed by atoms with Crippen LogP contribution in [0.2, 0.25) is 0 Å². The van der Waals surface area contributed by atoms with Gasteiger partial charge in [0, 0.05) is 38.3 Å². The number of ether oxygens (including phenoxy) is 1. The van der Waals surface area contributed by atoms with Gasteiger partial charge in [0.1, 0.15) is 0 Å². The molecule has 1 amide bonds. The molecule has 0 aliphatic carbocycles. The van der Waals surface area contributed by atoms with E-state index >= 15 is 0 Å². The molecule has 1 heterocycles. The molecule has 8 heteroatoms. The van der Waals surface area contributed by atoms with Gasteiger partial charge in [-0.2, -0.15) is 0 Å². The number of likely N-dealkylation sites (tertiary alicyclic amines) is 1. The Labute approximate surface area is 190 Å². The lowest BCUT2D eigenvalue weighted by molar-refractivity contribution is -0.146. The van der Waals surface area contributed by atoms with Crippen LogP contribution in [0.3, 0.4) is 0 Å². The number of rotatable bonds is 6. The quantitative estimate of drug-likeness (QED) is 0.263. The SMILES string of the molecule is CCC(C)NC(=O)c1ccc(CNC(=NC)N2CCC(C(=O)OC)CC2)cc1.I. The fourth-order valence-electron chi connectivity index (χ4n) is 3.19. The average molecular weight is 516 g/mol. The van der Waals surface area contributed by atoms with Crippen LogP contribution in [0.1, 0.15) is 49.0 Å². The Hall–Kier alpha value is -1.84. The molecule has 162 valence electrons. The molecule has 0 saturated carbocycles. The second-order valence-corrected chi connectivity index (χ2v) is 7.16. The van der Waals surface area contributed by atoms with Crippen molar-refractivity contribution in [1.29, 1.82) is 0 Å². The summed E-state index contributed by atoms with van der Waals surface area (Å²) in [6.45, 7) is 6.21. The third-order valence-corrected chi connectivity index (χ3v) is 5.20. The number of piperidine rings is 1. The van der Waals surface area contributed by atoms with Gasteiger partial charge in [0.15, 0.2) is 5.96 Å². The number of benzene rings is 1. The van der Waals surface area contributed by atoms with Crippen molar-refractivity contribution in [1.82, 2.24) is 15.5 Å². The average Bonchev–Trinajstić information content (AvgIpc) is 2.74. The van der Waals surface area contributed by atoms with Gasteiger partial charge in [-0.05, 0) is 43.9 Å². The number of carbonyl (C=O) groups is 2. The van der Waals surface area contributed by atoms with Crippen LogP contribution in [-0.4, -0.2) is 56.0 Å². The molecule has 0 aromatic heterocycles. The van der Waals surface area contributed by atoms with E-state index in [4.69, 9.17) is 4.74 Å². The first-order valence-corrected chi connectivity index (χ1v) is 9.91. The summed E-state index contributed by atoms with van der Waals surface area (Å²) in [5.41, 5.74) is 1.74. The maximum Gasteiger partial charge on any atom is 0.308 e. The van der Waals surface area contributed by atoms with Gasteiger partial charge in [-0.25, -0.2) is 0 Å². The van der Waals surface area contributed by atoms with Crippen molar-refractivity contribution in [2.45, 2.75) is 45.7 Å². The maximum absolute atomic E-state index is 12.2. The van der Waals surface area contributed by atoms with Gasteiger partial charge in [0.2, 0.25) is 0 Å². The molecule has 1 aliphatic rings. The third kappa shape index (κ3) is 7.49. The van der Waals surface area contributed by atoms with Crippen molar-refractivity contribution in [2.75, 3.05) is 27.2 Å². The van der Waals surface area contributed by atoms with Crippen LogP contribution in [0.4, 0.5) is 0 Å². The lowest BCUT2D eigenvalue weighted by atomic mass is 9.97. The maximum atomic E-state index is 12.2. The van der Waals surface area contributed by atoms with Crippen LogP contribution in [0.15, 0.2) is 29.3 Å². The summed E-state index contributed by atoms with van der Waals surface area (Å²) in [6, 6.07) is 7.77. The van der Waals surface area contributed by atoms with E-state index in [0.717, 1.165) is 43.9 Å². The first-order valence-electron chi connectivity index (χ1n) is 9.91. The summed E-state index contributed by atoms with van der Waals surface area (Å²) < 4.78 is 4.84. The van der Waals surface area contributed by atoms with E-state index in [0.29, 0.717) is 12.1 Å². The number of aliphatic imine (C=N–C) groups is 1. The lowest BCUT2D eigenvalue weighted by Crippen LogP contribution is -2.46. The molecule has 1 unspecified atom stereocenters. The summed E-state index contributed by atoms with van der Waals surface area (Å²) in [6.07, 6.45) is 2.45. The standard InChI is InChI=1S/C21H32N4O3.HI/c1-5-15(2)24-19(26)17-8-6-16(7-9-17)14-23-21(22-3)25-12-10-18(11-13-25)20(27)28-4;/h6-9,15,18H,5,10-14H2,1-4H3,(H,22,23)(H,24,26);1H. The molecular weight excluding hydrogens is 483 g/mol. The molecule has 1 aromatic rings. The predicted octanol–water partition coefficient (Wildman–Crippen LogP) is 2.79. The summed E-state index contributed by atoms with van der Waals surface area (Å²) >= 11 is 0. The second kappa shape index (κ2) is 12.7. The highest BCUT2D eigenvalue weighted by Crippen LogP contribution is 2.18. The van der Waals surface area contributed by atoms with Gasteiger partial charge in [0.25, 0.3) is 5.91 Å². The largest absolute Gasteiger partial charge is 0.469 e. The van der Waals surface area contributed by atoms with Crippen LogP contribution in [-0.2, 0) is 16.1 Å². The molecule has 0 radical (unpaired) electrons. The minimum atomic E-state index is -0.125. The fourth-order valence-corrected chi connectivity index (χ4v) is 3.19. The molecule has 1 fully saturated rings. The monoisotopic (exact) mass is 516 g/mol. The van der Waals surface area contributed by atoms with Gasteiger partial charge in [0.05, 0.1) is 13.0 Å². The van der Waals surface area contributed by atoms with Crippen molar-refractivity contribution >= 4 is 41.8 Å². The predicted molar refractivity (Wildman–Crippen MR) is 126 cm³/mol. The Kier molecular flexibility index (Phi) is 11.0. The Balaban J connectivity index is 0.00000420. The topological polar surface area (TPSA) is 83.0 Å². The highest BCUT2D eigenvalue weighted by molar-refractivity contribution is 14.0. The van der Waals surface area contributed by atoms with Gasteiger partial charge < -0.3 is 20.3 Å². The molecule has 7 nitrogen and oxygen atoms in total. The van der Waals surface area contributed by atoms with Crippen LogP contribution in [0.25, 0.3) is 0 Å². The number of nitrogens with zero attached hydrogens (tertiary/aromatic N) is 2. The lowest BCUT2D eigenvalue weighted by Gasteiger charge is -2.33. The Morgan fingerprint density at radius 2 is 1.86 bits per heavy atom. The minimum Gasteiger partial charge on any atom is -0.469 e. The number of amides is 1. The zero-order valence-electron chi connectivity index (χ0n) is 17.7. The highest BCUT2D eigenvalue weighted by atomic mass is 127. The number of methoxy groups -OCH3 is 1. The Bertz CT molecular complexity index is 686.